The zero-order valence-corrected chi connectivity index (χ0v) is 25.0. The fourth-order valence-electron chi connectivity index (χ4n) is 5.36. The maximum absolute atomic E-state index is 2.64. The number of thiophene rings is 2. The number of unbranched alkanes of at least 4 members (excludes halogenated alkanes) is 3. The average molecular weight is 503 g/mol. The Hall–Kier alpha value is -0.600. The van der Waals surface area contributed by atoms with E-state index in [4.69, 9.17) is 0 Å². The molecular formula is C32H54S2. The van der Waals surface area contributed by atoms with Crippen molar-refractivity contribution in [2.24, 2.45) is 17.8 Å². The van der Waals surface area contributed by atoms with E-state index < -0.39 is 0 Å². The highest BCUT2D eigenvalue weighted by Crippen LogP contribution is 2.42. The first-order chi connectivity index (χ1) is 16.6. The average Bonchev–Trinajstić information content (AvgIpc) is 3.47. The number of hydrogen-bond donors (Lipinski definition) is 0. The Labute approximate surface area is 221 Å². The van der Waals surface area contributed by atoms with E-state index in [9.17, 15) is 0 Å². The molecule has 3 unspecified atom stereocenters. The molecule has 34 heavy (non-hydrogen) atoms. The molecule has 2 heteroatoms. The molecule has 0 radical (unpaired) electrons. The lowest BCUT2D eigenvalue weighted by Gasteiger charge is -2.16. The van der Waals surface area contributed by atoms with E-state index >= 15 is 0 Å². The first-order valence-corrected chi connectivity index (χ1v) is 16.5. The summed E-state index contributed by atoms with van der Waals surface area (Å²) in [6.07, 6.45) is 20.0. The van der Waals surface area contributed by atoms with Crippen LogP contribution in [0.5, 0.6) is 0 Å². The van der Waals surface area contributed by atoms with Gasteiger partial charge in [-0.3, -0.25) is 0 Å². The van der Waals surface area contributed by atoms with Crippen LogP contribution in [0.1, 0.15) is 135 Å². The molecule has 0 N–H and O–H groups in total. The Morgan fingerprint density at radius 1 is 0.618 bits per heavy atom. The van der Waals surface area contributed by atoms with Crippen molar-refractivity contribution in [3.8, 4) is 9.75 Å². The normalized spacial score (nSPS) is 14.4. The molecule has 194 valence electrons. The molecule has 2 rings (SSSR count). The van der Waals surface area contributed by atoms with Crippen LogP contribution in [0.2, 0.25) is 0 Å². The minimum Gasteiger partial charge on any atom is -0.143 e. The van der Waals surface area contributed by atoms with Gasteiger partial charge < -0.3 is 0 Å². The fourth-order valence-corrected chi connectivity index (χ4v) is 7.82. The molecule has 3 atom stereocenters. The Bertz CT molecular complexity index is 768. The highest BCUT2D eigenvalue weighted by atomic mass is 32.1. The minimum absolute atomic E-state index is 0.833. The molecule has 2 aromatic heterocycles. The van der Waals surface area contributed by atoms with Crippen LogP contribution in [-0.2, 0) is 19.3 Å². The quantitative estimate of drug-likeness (QED) is 0.179. The van der Waals surface area contributed by atoms with Gasteiger partial charge in [0.25, 0.3) is 0 Å². The Balaban J connectivity index is 2.33. The van der Waals surface area contributed by atoms with Crippen LogP contribution in [0.25, 0.3) is 9.75 Å². The summed E-state index contributed by atoms with van der Waals surface area (Å²) < 4.78 is 0. The maximum Gasteiger partial charge on any atom is 0.0480 e. The van der Waals surface area contributed by atoms with Crippen molar-refractivity contribution in [1.82, 2.24) is 0 Å². The summed E-state index contributed by atoms with van der Waals surface area (Å²) in [6, 6.07) is 5.09. The lowest BCUT2D eigenvalue weighted by molar-refractivity contribution is 0.447. The van der Waals surface area contributed by atoms with Crippen LogP contribution in [-0.4, -0.2) is 0 Å². The molecule has 0 aromatic carbocycles. The largest absolute Gasteiger partial charge is 0.143 e. The maximum atomic E-state index is 2.64. The number of hydrogen-bond acceptors (Lipinski definition) is 2. The van der Waals surface area contributed by atoms with Crippen molar-refractivity contribution in [3.63, 3.8) is 0 Å². The van der Waals surface area contributed by atoms with Gasteiger partial charge in [0.05, 0.1) is 0 Å². The smallest absolute Gasteiger partial charge is 0.0480 e. The summed E-state index contributed by atoms with van der Waals surface area (Å²) in [5.41, 5.74) is 3.29. The molecule has 0 nitrogen and oxygen atoms in total. The second-order valence-corrected chi connectivity index (χ2v) is 12.8. The zero-order chi connectivity index (χ0) is 24.8. The second kappa shape index (κ2) is 17.0. The third-order valence-electron chi connectivity index (χ3n) is 7.95. The molecule has 0 aliphatic rings. The third kappa shape index (κ3) is 9.45. The van der Waals surface area contributed by atoms with Crippen molar-refractivity contribution in [3.05, 3.63) is 33.5 Å². The molecule has 2 aromatic rings. The van der Waals surface area contributed by atoms with E-state index in [1.54, 1.807) is 25.8 Å². The van der Waals surface area contributed by atoms with E-state index in [-0.39, 0.29) is 0 Å². The van der Waals surface area contributed by atoms with E-state index in [2.05, 4.69) is 70.4 Å². The van der Waals surface area contributed by atoms with Gasteiger partial charge in [-0.15, -0.1) is 22.7 Å². The Morgan fingerprint density at radius 3 is 1.62 bits per heavy atom. The van der Waals surface area contributed by atoms with Gasteiger partial charge in [0.1, 0.15) is 0 Å². The van der Waals surface area contributed by atoms with E-state index in [1.807, 2.05) is 11.3 Å². The van der Waals surface area contributed by atoms with Crippen LogP contribution in [0.4, 0.5) is 0 Å². The van der Waals surface area contributed by atoms with Gasteiger partial charge in [-0.05, 0) is 65.7 Å². The molecule has 0 fully saturated rings. The van der Waals surface area contributed by atoms with Crippen LogP contribution in [0, 0.1) is 17.8 Å². The number of rotatable bonds is 19. The molecule has 0 saturated carbocycles. The molecule has 2 heterocycles. The van der Waals surface area contributed by atoms with Gasteiger partial charge in [-0.2, -0.15) is 0 Å². The standard InChI is InChI=1S/C32H54S2/c1-7-13-16-25(10-4)21-28-19-20-33-31(28)32-29(22-26(11-5)17-14-8-2)24-30(34-32)23-27(12-6)18-15-9-3/h19-20,24-27H,7-18,21-23H2,1-6H3. The monoisotopic (exact) mass is 502 g/mol. The summed E-state index contributed by atoms with van der Waals surface area (Å²) >= 11 is 4.16. The SMILES string of the molecule is CCCCC(CC)Cc1cc(CC(CC)CCCC)c(-c2sccc2CC(CC)CCCC)s1. The van der Waals surface area contributed by atoms with Crippen molar-refractivity contribution < 1.29 is 0 Å². The van der Waals surface area contributed by atoms with E-state index in [1.165, 1.54) is 96.3 Å². The highest BCUT2D eigenvalue weighted by molar-refractivity contribution is 7.21. The van der Waals surface area contributed by atoms with Gasteiger partial charge in [0, 0.05) is 14.6 Å². The first kappa shape index (κ1) is 29.6. The van der Waals surface area contributed by atoms with E-state index in [0.29, 0.717) is 0 Å². The topological polar surface area (TPSA) is 0 Å². The highest BCUT2D eigenvalue weighted by Gasteiger charge is 2.21. The minimum atomic E-state index is 0.833. The lowest BCUT2D eigenvalue weighted by atomic mass is 9.89. The van der Waals surface area contributed by atoms with Gasteiger partial charge in [-0.1, -0.05) is 119 Å². The van der Waals surface area contributed by atoms with Gasteiger partial charge in [0.2, 0.25) is 0 Å². The van der Waals surface area contributed by atoms with Gasteiger partial charge >= 0.3 is 0 Å². The summed E-state index contributed by atoms with van der Waals surface area (Å²) in [5, 5.41) is 2.37. The van der Waals surface area contributed by atoms with Crippen molar-refractivity contribution in [2.75, 3.05) is 0 Å². The van der Waals surface area contributed by atoms with Crippen molar-refractivity contribution >= 4 is 22.7 Å². The summed E-state index contributed by atoms with van der Waals surface area (Å²) in [5.74, 6) is 2.52. The van der Waals surface area contributed by atoms with E-state index in [0.717, 1.165) is 17.8 Å². The van der Waals surface area contributed by atoms with Gasteiger partial charge in [0.15, 0.2) is 0 Å². The Morgan fingerprint density at radius 2 is 1.12 bits per heavy atom. The fraction of sp³-hybridized carbons (Fsp3) is 0.750. The predicted molar refractivity (Wildman–Crippen MR) is 159 cm³/mol. The molecule has 0 saturated heterocycles. The summed E-state index contributed by atoms with van der Waals surface area (Å²) in [7, 11) is 0. The summed E-state index contributed by atoms with van der Waals surface area (Å²) in [6.45, 7) is 14.2. The predicted octanol–water partition coefficient (Wildman–Crippen LogP) is 11.8. The Kier molecular flexibility index (Phi) is 14.8. The molecule has 0 aliphatic carbocycles. The van der Waals surface area contributed by atoms with Crippen LogP contribution in [0.3, 0.4) is 0 Å². The van der Waals surface area contributed by atoms with Crippen LogP contribution < -0.4 is 0 Å². The zero-order valence-electron chi connectivity index (χ0n) is 23.4. The van der Waals surface area contributed by atoms with Crippen molar-refractivity contribution in [1.29, 1.82) is 0 Å². The van der Waals surface area contributed by atoms with Crippen LogP contribution in [0.15, 0.2) is 17.5 Å². The summed E-state index contributed by atoms with van der Waals surface area (Å²) in [4.78, 5) is 4.88. The molecule has 0 bridgehead atoms. The second-order valence-electron chi connectivity index (χ2n) is 10.7. The molecule has 0 aliphatic heterocycles. The van der Waals surface area contributed by atoms with Crippen LogP contribution >= 0.6 is 22.7 Å². The molecule has 0 amide bonds. The third-order valence-corrected chi connectivity index (χ3v) is 10.3. The molecule has 0 spiro atoms. The van der Waals surface area contributed by atoms with Crippen molar-refractivity contribution in [2.45, 2.75) is 138 Å². The lowest BCUT2D eigenvalue weighted by Crippen LogP contribution is -2.05. The first-order valence-electron chi connectivity index (χ1n) is 14.8. The molecular weight excluding hydrogens is 448 g/mol. The van der Waals surface area contributed by atoms with Gasteiger partial charge in [-0.25, -0.2) is 0 Å².